The first-order valence-corrected chi connectivity index (χ1v) is 6.03. The molecule has 2 rings (SSSR count). The molecule has 106 valence electrons. The summed E-state index contributed by atoms with van der Waals surface area (Å²) in [6, 6.07) is 7.76. The van der Waals surface area contributed by atoms with E-state index in [4.69, 9.17) is 4.74 Å². The molecule has 0 saturated carbocycles. The summed E-state index contributed by atoms with van der Waals surface area (Å²) in [6.45, 7) is 0. The van der Waals surface area contributed by atoms with Gasteiger partial charge in [0.2, 0.25) is 0 Å². The fraction of sp³-hybridized carbons (Fsp3) is 0.200. The van der Waals surface area contributed by atoms with Crippen molar-refractivity contribution in [1.29, 1.82) is 0 Å². The molecule has 0 radical (unpaired) electrons. The first kappa shape index (κ1) is 14.4. The molecule has 0 aliphatic carbocycles. The topological polar surface area (TPSA) is 21.3 Å². The lowest BCUT2D eigenvalue weighted by atomic mass is 9.97. The quantitative estimate of drug-likeness (QED) is 0.867. The Hall–Kier alpha value is -2.01. The molecule has 20 heavy (non-hydrogen) atoms. The molecule has 0 aliphatic heterocycles. The van der Waals surface area contributed by atoms with Crippen molar-refractivity contribution in [2.75, 3.05) is 14.2 Å². The van der Waals surface area contributed by atoms with Crippen LogP contribution in [0.1, 0.15) is 17.2 Å². The second kappa shape index (κ2) is 5.96. The molecule has 0 spiro atoms. The van der Waals surface area contributed by atoms with Gasteiger partial charge in [-0.05, 0) is 19.2 Å². The van der Waals surface area contributed by atoms with E-state index >= 15 is 0 Å². The van der Waals surface area contributed by atoms with Gasteiger partial charge in [-0.3, -0.25) is 0 Å². The van der Waals surface area contributed by atoms with Gasteiger partial charge in [0.25, 0.3) is 0 Å². The first-order chi connectivity index (χ1) is 9.58. The molecule has 0 heterocycles. The van der Waals surface area contributed by atoms with Crippen LogP contribution < -0.4 is 10.1 Å². The van der Waals surface area contributed by atoms with Gasteiger partial charge in [0.15, 0.2) is 11.6 Å². The molecule has 0 aromatic heterocycles. The monoisotopic (exact) mass is 281 g/mol. The normalized spacial score (nSPS) is 12.2. The Kier molecular flexibility index (Phi) is 4.29. The number of halogens is 3. The molecule has 1 unspecified atom stereocenters. The van der Waals surface area contributed by atoms with Gasteiger partial charge < -0.3 is 10.1 Å². The second-order valence-electron chi connectivity index (χ2n) is 4.25. The number of hydrogen-bond acceptors (Lipinski definition) is 2. The molecule has 0 fully saturated rings. The number of nitrogens with one attached hydrogen (secondary N) is 1. The first-order valence-electron chi connectivity index (χ1n) is 6.03. The maximum atomic E-state index is 13.9. The van der Waals surface area contributed by atoms with Crippen LogP contribution in [0.5, 0.6) is 5.75 Å². The van der Waals surface area contributed by atoms with Gasteiger partial charge in [0.05, 0.1) is 13.2 Å². The molecule has 0 saturated heterocycles. The number of hydrogen-bond donors (Lipinski definition) is 1. The smallest absolute Gasteiger partial charge is 0.161 e. The lowest BCUT2D eigenvalue weighted by molar-refractivity contribution is 0.404. The van der Waals surface area contributed by atoms with Gasteiger partial charge in [-0.1, -0.05) is 18.2 Å². The molecule has 5 heteroatoms. The van der Waals surface area contributed by atoms with E-state index < -0.39 is 23.5 Å². The van der Waals surface area contributed by atoms with Gasteiger partial charge in [0, 0.05) is 17.2 Å². The Morgan fingerprint density at radius 2 is 1.60 bits per heavy atom. The summed E-state index contributed by atoms with van der Waals surface area (Å²) >= 11 is 0. The van der Waals surface area contributed by atoms with E-state index in [-0.39, 0.29) is 5.56 Å². The minimum absolute atomic E-state index is 0.0240. The van der Waals surface area contributed by atoms with Crippen molar-refractivity contribution < 1.29 is 17.9 Å². The molecular weight excluding hydrogens is 267 g/mol. The van der Waals surface area contributed by atoms with Crippen LogP contribution in [0.4, 0.5) is 13.2 Å². The highest BCUT2D eigenvalue weighted by Crippen LogP contribution is 2.31. The summed E-state index contributed by atoms with van der Waals surface area (Å²) in [5.74, 6) is -2.57. The zero-order valence-electron chi connectivity index (χ0n) is 11.1. The van der Waals surface area contributed by atoms with Crippen LogP contribution in [0, 0.1) is 17.5 Å². The lowest BCUT2D eigenvalue weighted by Crippen LogP contribution is -2.20. The Morgan fingerprint density at radius 3 is 2.25 bits per heavy atom. The minimum atomic E-state index is -1.21. The Bertz CT molecular complexity index is 616. The van der Waals surface area contributed by atoms with Crippen molar-refractivity contribution in [3.63, 3.8) is 0 Å². The molecule has 1 N–H and O–H groups in total. The number of methoxy groups -OCH3 is 1. The number of para-hydroxylation sites is 1. The highest BCUT2D eigenvalue weighted by molar-refractivity contribution is 5.42. The van der Waals surface area contributed by atoms with Gasteiger partial charge in [-0.2, -0.15) is 0 Å². The zero-order chi connectivity index (χ0) is 14.7. The molecular formula is C15H14F3NO. The van der Waals surface area contributed by atoms with E-state index in [1.54, 1.807) is 31.3 Å². The number of benzene rings is 2. The second-order valence-corrected chi connectivity index (χ2v) is 4.25. The third kappa shape index (κ3) is 2.63. The van der Waals surface area contributed by atoms with Crippen LogP contribution in [0.15, 0.2) is 36.4 Å². The zero-order valence-corrected chi connectivity index (χ0v) is 11.1. The Morgan fingerprint density at radius 1 is 0.950 bits per heavy atom. The van der Waals surface area contributed by atoms with E-state index in [0.29, 0.717) is 17.4 Å². The van der Waals surface area contributed by atoms with Crippen molar-refractivity contribution >= 4 is 0 Å². The van der Waals surface area contributed by atoms with E-state index in [2.05, 4.69) is 5.32 Å². The van der Waals surface area contributed by atoms with Gasteiger partial charge in [-0.15, -0.1) is 0 Å². The average Bonchev–Trinajstić information content (AvgIpc) is 2.45. The largest absolute Gasteiger partial charge is 0.496 e. The van der Waals surface area contributed by atoms with Crippen LogP contribution >= 0.6 is 0 Å². The summed E-state index contributed by atoms with van der Waals surface area (Å²) in [5, 5.41) is 2.89. The molecule has 0 amide bonds. The standard InChI is InChI=1S/C15H14F3NO/c1-19-15(9-5-3-4-6-14(9)20-2)10-7-12(17)13(18)8-11(10)16/h3-8,15,19H,1-2H3. The van der Waals surface area contributed by atoms with Crippen molar-refractivity contribution in [2.45, 2.75) is 6.04 Å². The summed E-state index contributed by atoms with van der Waals surface area (Å²) in [6.07, 6.45) is 0. The van der Waals surface area contributed by atoms with Crippen molar-refractivity contribution in [3.8, 4) is 5.75 Å². The average molecular weight is 281 g/mol. The van der Waals surface area contributed by atoms with Crippen LogP contribution in [-0.2, 0) is 0 Å². The molecule has 2 aromatic rings. The van der Waals surface area contributed by atoms with Crippen molar-refractivity contribution in [2.24, 2.45) is 0 Å². The van der Waals surface area contributed by atoms with E-state index in [0.717, 1.165) is 6.07 Å². The van der Waals surface area contributed by atoms with Crippen molar-refractivity contribution in [1.82, 2.24) is 5.32 Å². The summed E-state index contributed by atoms with van der Waals surface area (Å²) in [7, 11) is 3.10. The molecule has 2 aromatic carbocycles. The predicted octanol–water partition coefficient (Wildman–Crippen LogP) is 3.42. The molecule has 0 aliphatic rings. The van der Waals surface area contributed by atoms with E-state index in [1.165, 1.54) is 7.11 Å². The Balaban J connectivity index is 2.55. The van der Waals surface area contributed by atoms with Crippen LogP contribution in [0.25, 0.3) is 0 Å². The summed E-state index contributed by atoms with van der Waals surface area (Å²) in [4.78, 5) is 0. The SMILES string of the molecule is CNC(c1cc(F)c(F)cc1F)c1ccccc1OC. The maximum absolute atomic E-state index is 13.9. The van der Waals surface area contributed by atoms with Gasteiger partial charge in [-0.25, -0.2) is 13.2 Å². The van der Waals surface area contributed by atoms with Crippen LogP contribution in [0.2, 0.25) is 0 Å². The molecule has 0 bridgehead atoms. The third-order valence-corrected chi connectivity index (χ3v) is 3.09. The minimum Gasteiger partial charge on any atom is -0.496 e. The summed E-state index contributed by atoms with van der Waals surface area (Å²) < 4.78 is 45.5. The predicted molar refractivity (Wildman–Crippen MR) is 70.2 cm³/mol. The van der Waals surface area contributed by atoms with Gasteiger partial charge >= 0.3 is 0 Å². The lowest BCUT2D eigenvalue weighted by Gasteiger charge is -2.20. The number of rotatable bonds is 4. The van der Waals surface area contributed by atoms with Crippen LogP contribution in [0.3, 0.4) is 0 Å². The fourth-order valence-electron chi connectivity index (χ4n) is 2.14. The fourth-order valence-corrected chi connectivity index (χ4v) is 2.14. The summed E-state index contributed by atoms with van der Waals surface area (Å²) in [5.41, 5.74) is 0.665. The van der Waals surface area contributed by atoms with Crippen molar-refractivity contribution in [3.05, 3.63) is 65.0 Å². The van der Waals surface area contributed by atoms with Crippen LogP contribution in [-0.4, -0.2) is 14.2 Å². The van der Waals surface area contributed by atoms with Gasteiger partial charge in [0.1, 0.15) is 11.6 Å². The maximum Gasteiger partial charge on any atom is 0.161 e. The highest BCUT2D eigenvalue weighted by Gasteiger charge is 2.21. The highest BCUT2D eigenvalue weighted by atomic mass is 19.2. The number of ether oxygens (including phenoxy) is 1. The van der Waals surface area contributed by atoms with E-state index in [1.807, 2.05) is 0 Å². The van der Waals surface area contributed by atoms with E-state index in [9.17, 15) is 13.2 Å². The molecule has 2 nitrogen and oxygen atoms in total. The Labute approximate surface area is 115 Å². The molecule has 1 atom stereocenters. The third-order valence-electron chi connectivity index (χ3n) is 3.09.